The Morgan fingerprint density at radius 3 is 2.96 bits per heavy atom. The van der Waals surface area contributed by atoms with E-state index in [0.29, 0.717) is 6.54 Å². The Bertz CT molecular complexity index is 711. The number of pyridine rings is 1. The first-order chi connectivity index (χ1) is 11.6. The second kappa shape index (κ2) is 7.11. The predicted octanol–water partition coefficient (Wildman–Crippen LogP) is 1.02. The second-order valence-corrected chi connectivity index (χ2v) is 6.19. The van der Waals surface area contributed by atoms with E-state index in [0.717, 1.165) is 42.3 Å². The quantitative estimate of drug-likeness (QED) is 0.876. The summed E-state index contributed by atoms with van der Waals surface area (Å²) in [4.78, 5) is 18.9. The minimum atomic E-state index is -0.00927. The van der Waals surface area contributed by atoms with Gasteiger partial charge in [-0.15, -0.1) is 0 Å². The first-order valence-electron chi connectivity index (χ1n) is 8.21. The zero-order valence-electron chi connectivity index (χ0n) is 14.4. The molecule has 0 radical (unpaired) electrons. The molecule has 1 saturated heterocycles. The molecule has 0 spiro atoms. The first-order valence-corrected chi connectivity index (χ1v) is 8.21. The number of rotatable bonds is 4. The lowest BCUT2D eigenvalue weighted by atomic mass is 10.1. The van der Waals surface area contributed by atoms with Crippen LogP contribution in [-0.2, 0) is 11.8 Å². The van der Waals surface area contributed by atoms with Crippen molar-refractivity contribution < 1.29 is 4.79 Å². The molecule has 0 aromatic carbocycles. The van der Waals surface area contributed by atoms with E-state index in [1.54, 1.807) is 10.9 Å². The number of carbonyl (C=O) groups is 1. The largest absolute Gasteiger partial charge is 0.322 e. The molecule has 1 amide bonds. The third-order valence-electron chi connectivity index (χ3n) is 4.54. The van der Waals surface area contributed by atoms with Crippen LogP contribution in [-0.4, -0.2) is 51.8 Å². The number of hydrogen-bond acceptors (Lipinski definition) is 5. The van der Waals surface area contributed by atoms with Gasteiger partial charge in [0.15, 0.2) is 0 Å². The van der Waals surface area contributed by atoms with E-state index in [1.165, 1.54) is 0 Å². The topological polar surface area (TPSA) is 75.1 Å². The summed E-state index contributed by atoms with van der Waals surface area (Å²) in [6.07, 6.45) is 3.64. The molecule has 1 aliphatic rings. The van der Waals surface area contributed by atoms with Gasteiger partial charge in [0.1, 0.15) is 0 Å². The number of nitrogens with one attached hydrogen (secondary N) is 2. The lowest BCUT2D eigenvalue weighted by molar-refractivity contribution is -0.118. The molecule has 1 aliphatic heterocycles. The number of nitrogens with zero attached hydrogens (tertiary/aromatic N) is 4. The van der Waals surface area contributed by atoms with Crippen molar-refractivity contribution in [3.63, 3.8) is 0 Å². The number of amides is 1. The summed E-state index contributed by atoms with van der Waals surface area (Å²) in [5.74, 6) is -0.00927. The molecule has 2 N–H and O–H groups in total. The third-order valence-corrected chi connectivity index (χ3v) is 4.54. The van der Waals surface area contributed by atoms with Crippen molar-refractivity contribution in [2.75, 3.05) is 31.5 Å². The summed E-state index contributed by atoms with van der Waals surface area (Å²) >= 11 is 0. The maximum atomic E-state index is 12.5. The fourth-order valence-corrected chi connectivity index (χ4v) is 3.16. The zero-order valence-corrected chi connectivity index (χ0v) is 14.4. The molecule has 7 nitrogen and oxygen atoms in total. The fraction of sp³-hybridized carbons (Fsp3) is 0.471. The molecule has 1 unspecified atom stereocenters. The van der Waals surface area contributed by atoms with Gasteiger partial charge in [0.2, 0.25) is 5.91 Å². The molecule has 0 saturated carbocycles. The molecular weight excluding hydrogens is 304 g/mol. The number of carbonyl (C=O) groups excluding carboxylic acids is 1. The highest BCUT2D eigenvalue weighted by atomic mass is 16.2. The number of hydrogen-bond donors (Lipinski definition) is 2. The minimum absolute atomic E-state index is 0.00927. The standard InChI is InChI=1S/C17H24N6O/c1-12-17(13(2)22(3)21-12)20-16(24)11-23-8-7-19-10-15(23)14-5-4-6-18-9-14/h4-6,9,15,19H,7-8,10-11H2,1-3H3,(H,20,24). The Kier molecular flexibility index (Phi) is 4.92. The van der Waals surface area contributed by atoms with Crippen LogP contribution in [0.1, 0.15) is 23.0 Å². The van der Waals surface area contributed by atoms with Crippen molar-refractivity contribution in [1.29, 1.82) is 0 Å². The maximum absolute atomic E-state index is 12.5. The van der Waals surface area contributed by atoms with Gasteiger partial charge in [-0.2, -0.15) is 5.10 Å². The fourth-order valence-electron chi connectivity index (χ4n) is 3.16. The smallest absolute Gasteiger partial charge is 0.238 e. The van der Waals surface area contributed by atoms with E-state index in [2.05, 4.69) is 31.7 Å². The van der Waals surface area contributed by atoms with Crippen LogP contribution in [0.3, 0.4) is 0 Å². The molecular formula is C17H24N6O. The van der Waals surface area contributed by atoms with E-state index in [9.17, 15) is 4.79 Å². The van der Waals surface area contributed by atoms with Crippen molar-refractivity contribution in [3.05, 3.63) is 41.5 Å². The lowest BCUT2D eigenvalue weighted by Gasteiger charge is -2.35. The van der Waals surface area contributed by atoms with Crippen LogP contribution in [0.5, 0.6) is 0 Å². The van der Waals surface area contributed by atoms with E-state index >= 15 is 0 Å². The Morgan fingerprint density at radius 2 is 2.29 bits per heavy atom. The molecule has 3 heterocycles. The van der Waals surface area contributed by atoms with Crippen molar-refractivity contribution in [3.8, 4) is 0 Å². The van der Waals surface area contributed by atoms with E-state index in [-0.39, 0.29) is 11.9 Å². The van der Waals surface area contributed by atoms with Crippen LogP contribution in [0.2, 0.25) is 0 Å². The van der Waals surface area contributed by atoms with Gasteiger partial charge in [-0.25, -0.2) is 0 Å². The third kappa shape index (κ3) is 3.47. The van der Waals surface area contributed by atoms with Gasteiger partial charge in [-0.1, -0.05) is 6.07 Å². The summed E-state index contributed by atoms with van der Waals surface area (Å²) < 4.78 is 1.79. The van der Waals surface area contributed by atoms with Crippen molar-refractivity contribution in [2.24, 2.45) is 7.05 Å². The molecule has 2 aromatic rings. The highest BCUT2D eigenvalue weighted by Crippen LogP contribution is 2.22. The van der Waals surface area contributed by atoms with Gasteiger partial charge in [-0.05, 0) is 25.5 Å². The molecule has 128 valence electrons. The number of anilines is 1. The van der Waals surface area contributed by atoms with Gasteiger partial charge >= 0.3 is 0 Å². The zero-order chi connectivity index (χ0) is 17.1. The molecule has 0 aliphatic carbocycles. The average molecular weight is 328 g/mol. The SMILES string of the molecule is Cc1nn(C)c(C)c1NC(=O)CN1CCNCC1c1cccnc1. The molecule has 1 fully saturated rings. The number of piperazine rings is 1. The molecule has 24 heavy (non-hydrogen) atoms. The molecule has 3 rings (SSSR count). The molecule has 2 aromatic heterocycles. The molecule has 7 heteroatoms. The normalized spacial score (nSPS) is 18.5. The predicted molar refractivity (Wildman–Crippen MR) is 92.7 cm³/mol. The van der Waals surface area contributed by atoms with Crippen LogP contribution in [0, 0.1) is 13.8 Å². The van der Waals surface area contributed by atoms with Gasteiger partial charge in [0.25, 0.3) is 0 Å². The maximum Gasteiger partial charge on any atom is 0.238 e. The van der Waals surface area contributed by atoms with Crippen molar-refractivity contribution >= 4 is 11.6 Å². The van der Waals surface area contributed by atoms with Crippen molar-refractivity contribution in [2.45, 2.75) is 19.9 Å². The molecule has 1 atom stereocenters. The number of aromatic nitrogens is 3. The van der Waals surface area contributed by atoms with Gasteiger partial charge in [-0.3, -0.25) is 19.4 Å². The Morgan fingerprint density at radius 1 is 1.46 bits per heavy atom. The van der Waals surface area contributed by atoms with Crippen LogP contribution in [0.25, 0.3) is 0 Å². The van der Waals surface area contributed by atoms with Crippen LogP contribution < -0.4 is 10.6 Å². The van der Waals surface area contributed by atoms with E-state index < -0.39 is 0 Å². The summed E-state index contributed by atoms with van der Waals surface area (Å²) in [7, 11) is 1.88. The minimum Gasteiger partial charge on any atom is -0.322 e. The Hall–Kier alpha value is -2.25. The number of aryl methyl sites for hydroxylation is 2. The van der Waals surface area contributed by atoms with E-state index in [1.807, 2.05) is 33.2 Å². The van der Waals surface area contributed by atoms with Gasteiger partial charge in [0.05, 0.1) is 23.6 Å². The average Bonchev–Trinajstić information content (AvgIpc) is 2.82. The second-order valence-electron chi connectivity index (χ2n) is 6.19. The Labute approximate surface area is 142 Å². The summed E-state index contributed by atoms with van der Waals surface area (Å²) in [6, 6.07) is 4.16. The van der Waals surface area contributed by atoms with Gasteiger partial charge in [0, 0.05) is 45.1 Å². The first kappa shape index (κ1) is 16.6. The highest BCUT2D eigenvalue weighted by Gasteiger charge is 2.26. The summed E-state index contributed by atoms with van der Waals surface area (Å²) in [6.45, 7) is 6.76. The lowest BCUT2D eigenvalue weighted by Crippen LogP contribution is -2.48. The molecule has 0 bridgehead atoms. The summed E-state index contributed by atoms with van der Waals surface area (Å²) in [5, 5.41) is 10.8. The van der Waals surface area contributed by atoms with Crippen LogP contribution in [0.15, 0.2) is 24.5 Å². The van der Waals surface area contributed by atoms with Crippen LogP contribution in [0.4, 0.5) is 5.69 Å². The van der Waals surface area contributed by atoms with Crippen molar-refractivity contribution in [1.82, 2.24) is 25.0 Å². The van der Waals surface area contributed by atoms with E-state index in [4.69, 9.17) is 0 Å². The Balaban J connectivity index is 1.70. The monoisotopic (exact) mass is 328 g/mol. The van der Waals surface area contributed by atoms with Crippen LogP contribution >= 0.6 is 0 Å². The van der Waals surface area contributed by atoms with Gasteiger partial charge < -0.3 is 10.6 Å². The summed E-state index contributed by atoms with van der Waals surface area (Å²) in [5.41, 5.74) is 3.75. The highest BCUT2D eigenvalue weighted by molar-refractivity contribution is 5.93.